The molecule has 0 spiro atoms. The third-order valence-electron chi connectivity index (χ3n) is 4.57. The number of hydrogen-bond donors (Lipinski definition) is 0. The van der Waals surface area contributed by atoms with Gasteiger partial charge in [0.05, 0.1) is 0 Å². The van der Waals surface area contributed by atoms with Gasteiger partial charge in [-0.1, -0.05) is 75.4 Å². The van der Waals surface area contributed by atoms with Crippen LogP contribution in [0.15, 0.2) is 59.5 Å². The van der Waals surface area contributed by atoms with Crippen LogP contribution in [0.3, 0.4) is 0 Å². The van der Waals surface area contributed by atoms with Gasteiger partial charge in [0.25, 0.3) is 0 Å². The monoisotopic (exact) mass is 366 g/mol. The van der Waals surface area contributed by atoms with Crippen LogP contribution in [0.25, 0.3) is 6.08 Å². The highest BCUT2D eigenvalue weighted by Crippen LogP contribution is 2.16. The highest BCUT2D eigenvalue weighted by atomic mass is 32.2. The Morgan fingerprint density at radius 2 is 1.69 bits per heavy atom. The number of rotatable bonds is 11. The molecule has 1 nitrogen and oxygen atoms in total. The molecule has 0 amide bonds. The van der Waals surface area contributed by atoms with Gasteiger partial charge in [-0.15, -0.1) is 11.8 Å². The molecule has 0 unspecified atom stereocenters. The second-order valence-corrected chi connectivity index (χ2v) is 7.57. The zero-order valence-electron chi connectivity index (χ0n) is 16.0. The second-order valence-electron chi connectivity index (χ2n) is 6.69. The lowest BCUT2D eigenvalue weighted by Crippen LogP contribution is -1.96. The van der Waals surface area contributed by atoms with Gasteiger partial charge >= 0.3 is 0 Å². The van der Waals surface area contributed by atoms with E-state index in [2.05, 4.69) is 37.4 Å². The lowest BCUT2D eigenvalue weighted by atomic mass is 10.0. The number of carbonyl (C=O) groups excluding carboxylic acids is 1. The smallest absolute Gasteiger partial charge is 0.185 e. The second kappa shape index (κ2) is 11.7. The van der Waals surface area contributed by atoms with Crippen LogP contribution in [0, 0.1) is 0 Å². The van der Waals surface area contributed by atoms with Crippen molar-refractivity contribution in [3.63, 3.8) is 0 Å². The minimum atomic E-state index is 0.0729. The summed E-state index contributed by atoms with van der Waals surface area (Å²) >= 11 is 1.72. The Balaban J connectivity index is 1.87. The minimum absolute atomic E-state index is 0.0729. The highest BCUT2D eigenvalue weighted by Gasteiger charge is 2.03. The Kier molecular flexibility index (Phi) is 9.27. The highest BCUT2D eigenvalue weighted by molar-refractivity contribution is 7.98. The number of hydrogen-bond acceptors (Lipinski definition) is 2. The molecule has 0 fully saturated rings. The summed E-state index contributed by atoms with van der Waals surface area (Å²) in [5.74, 6) is 0.0729. The molecule has 0 aliphatic rings. The first-order chi connectivity index (χ1) is 12.7. The van der Waals surface area contributed by atoms with Gasteiger partial charge in [-0.05, 0) is 54.5 Å². The van der Waals surface area contributed by atoms with E-state index >= 15 is 0 Å². The molecule has 0 N–H and O–H groups in total. The van der Waals surface area contributed by atoms with Crippen molar-refractivity contribution in [2.75, 3.05) is 6.26 Å². The van der Waals surface area contributed by atoms with Gasteiger partial charge in [0.1, 0.15) is 0 Å². The van der Waals surface area contributed by atoms with E-state index in [0.717, 1.165) is 17.5 Å². The van der Waals surface area contributed by atoms with Gasteiger partial charge in [-0.3, -0.25) is 4.79 Å². The third-order valence-corrected chi connectivity index (χ3v) is 5.32. The Bertz CT molecular complexity index is 700. The molecule has 138 valence electrons. The number of carbonyl (C=O) groups is 1. The molecule has 0 aromatic heterocycles. The summed E-state index contributed by atoms with van der Waals surface area (Å²) in [7, 11) is 0. The largest absolute Gasteiger partial charge is 0.289 e. The number of thioether (sulfide) groups is 1. The maximum absolute atomic E-state index is 12.5. The molecule has 0 aliphatic carbocycles. The number of aryl methyl sites for hydroxylation is 1. The standard InChI is InChI=1S/C24H30OS/c1-3-4-5-6-7-8-10-21-11-9-12-22(19-21)24(25)18-15-20-13-16-23(26-2)17-14-20/h9,11-19H,3-8,10H2,1-2H3/b18-15+. The summed E-state index contributed by atoms with van der Waals surface area (Å²) in [6, 6.07) is 16.3. The van der Waals surface area contributed by atoms with Crippen LogP contribution in [-0.2, 0) is 6.42 Å². The average molecular weight is 367 g/mol. The summed E-state index contributed by atoms with van der Waals surface area (Å²) in [6.07, 6.45) is 14.5. The molecule has 0 saturated carbocycles. The summed E-state index contributed by atoms with van der Waals surface area (Å²) in [5, 5.41) is 0. The van der Waals surface area contributed by atoms with E-state index in [1.54, 1.807) is 17.8 Å². The lowest BCUT2D eigenvalue weighted by Gasteiger charge is -2.04. The number of unbranched alkanes of at least 4 members (excludes halogenated alkanes) is 5. The molecule has 0 aliphatic heterocycles. The molecule has 2 aromatic carbocycles. The van der Waals surface area contributed by atoms with Crippen molar-refractivity contribution in [1.82, 2.24) is 0 Å². The number of benzene rings is 2. The quantitative estimate of drug-likeness (QED) is 0.181. The Morgan fingerprint density at radius 3 is 2.42 bits per heavy atom. The fourth-order valence-corrected chi connectivity index (χ4v) is 3.38. The summed E-state index contributed by atoms with van der Waals surface area (Å²) in [4.78, 5) is 13.7. The third kappa shape index (κ3) is 7.21. The molecule has 0 saturated heterocycles. The van der Waals surface area contributed by atoms with E-state index in [1.165, 1.54) is 49.0 Å². The normalized spacial score (nSPS) is 11.2. The Hall–Kier alpha value is -1.80. The van der Waals surface area contributed by atoms with Gasteiger partial charge in [0, 0.05) is 10.5 Å². The molecule has 0 radical (unpaired) electrons. The first-order valence-electron chi connectivity index (χ1n) is 9.68. The van der Waals surface area contributed by atoms with Crippen molar-refractivity contribution >= 4 is 23.6 Å². The molecule has 2 aromatic rings. The van der Waals surface area contributed by atoms with Gasteiger partial charge in [0.15, 0.2) is 5.78 Å². The van der Waals surface area contributed by atoms with Crippen molar-refractivity contribution in [2.24, 2.45) is 0 Å². The van der Waals surface area contributed by atoms with Gasteiger partial charge in [-0.2, -0.15) is 0 Å². The zero-order chi connectivity index (χ0) is 18.6. The van der Waals surface area contributed by atoms with Crippen LogP contribution in [0.1, 0.15) is 66.9 Å². The fraction of sp³-hybridized carbons (Fsp3) is 0.375. The van der Waals surface area contributed by atoms with E-state index in [1.807, 2.05) is 30.3 Å². The number of ketones is 1. The van der Waals surface area contributed by atoms with Gasteiger partial charge in [-0.25, -0.2) is 0 Å². The molecular formula is C24H30OS. The van der Waals surface area contributed by atoms with Crippen molar-refractivity contribution in [3.8, 4) is 0 Å². The fourth-order valence-electron chi connectivity index (χ4n) is 2.97. The minimum Gasteiger partial charge on any atom is -0.289 e. The Morgan fingerprint density at radius 1 is 0.962 bits per heavy atom. The Labute approximate surface area is 162 Å². The average Bonchev–Trinajstić information content (AvgIpc) is 2.69. The van der Waals surface area contributed by atoms with Crippen LogP contribution in [-0.4, -0.2) is 12.0 Å². The SMILES string of the molecule is CCCCCCCCc1cccc(C(=O)/C=C/c2ccc(SC)cc2)c1. The van der Waals surface area contributed by atoms with Crippen molar-refractivity contribution in [2.45, 2.75) is 56.8 Å². The maximum Gasteiger partial charge on any atom is 0.185 e. The van der Waals surface area contributed by atoms with E-state index in [0.29, 0.717) is 0 Å². The molecular weight excluding hydrogens is 336 g/mol. The van der Waals surface area contributed by atoms with E-state index in [4.69, 9.17) is 0 Å². The van der Waals surface area contributed by atoms with Crippen LogP contribution >= 0.6 is 11.8 Å². The maximum atomic E-state index is 12.5. The van der Waals surface area contributed by atoms with Crippen LogP contribution < -0.4 is 0 Å². The van der Waals surface area contributed by atoms with Crippen LogP contribution in [0.2, 0.25) is 0 Å². The first-order valence-corrected chi connectivity index (χ1v) is 10.9. The summed E-state index contributed by atoms with van der Waals surface area (Å²) in [5.41, 5.74) is 3.11. The van der Waals surface area contributed by atoms with E-state index < -0.39 is 0 Å². The first kappa shape index (κ1) is 20.5. The molecule has 2 rings (SSSR count). The number of allylic oxidation sites excluding steroid dienone is 1. The van der Waals surface area contributed by atoms with Gasteiger partial charge < -0.3 is 0 Å². The lowest BCUT2D eigenvalue weighted by molar-refractivity contribution is 0.104. The topological polar surface area (TPSA) is 17.1 Å². The summed E-state index contributed by atoms with van der Waals surface area (Å²) in [6.45, 7) is 2.25. The van der Waals surface area contributed by atoms with Gasteiger partial charge in [0.2, 0.25) is 0 Å². The van der Waals surface area contributed by atoms with Crippen LogP contribution in [0.4, 0.5) is 0 Å². The summed E-state index contributed by atoms with van der Waals surface area (Å²) < 4.78 is 0. The predicted molar refractivity (Wildman–Crippen MR) is 115 cm³/mol. The van der Waals surface area contributed by atoms with E-state index in [-0.39, 0.29) is 5.78 Å². The molecule has 0 bridgehead atoms. The van der Waals surface area contributed by atoms with Crippen molar-refractivity contribution in [1.29, 1.82) is 0 Å². The van der Waals surface area contributed by atoms with Crippen LogP contribution in [0.5, 0.6) is 0 Å². The predicted octanol–water partition coefficient (Wildman–Crippen LogP) is 7.21. The molecule has 0 atom stereocenters. The van der Waals surface area contributed by atoms with Crippen molar-refractivity contribution in [3.05, 3.63) is 71.3 Å². The van der Waals surface area contributed by atoms with Crippen molar-refractivity contribution < 1.29 is 4.79 Å². The van der Waals surface area contributed by atoms with E-state index in [9.17, 15) is 4.79 Å². The molecule has 0 heterocycles. The molecule has 26 heavy (non-hydrogen) atoms. The zero-order valence-corrected chi connectivity index (χ0v) is 16.9. The molecule has 2 heteroatoms.